The maximum absolute atomic E-state index is 11.3. The third kappa shape index (κ3) is 4.20. The van der Waals surface area contributed by atoms with E-state index in [4.69, 9.17) is 9.26 Å². The van der Waals surface area contributed by atoms with E-state index in [1.807, 2.05) is 6.92 Å². The van der Waals surface area contributed by atoms with E-state index in [0.717, 1.165) is 6.42 Å². The van der Waals surface area contributed by atoms with Gasteiger partial charge >= 0.3 is 0 Å². The minimum absolute atomic E-state index is 0.138. The van der Waals surface area contributed by atoms with Crippen LogP contribution in [-0.2, 0) is 22.4 Å². The van der Waals surface area contributed by atoms with Gasteiger partial charge in [0.05, 0.1) is 13.0 Å². The second kappa shape index (κ2) is 6.29. The molecule has 0 saturated carbocycles. The molecule has 0 aliphatic heterocycles. The summed E-state index contributed by atoms with van der Waals surface area (Å²) in [5, 5.41) is 3.75. The summed E-state index contributed by atoms with van der Waals surface area (Å²) in [6.07, 6.45) is 2.27. The van der Waals surface area contributed by atoms with Crippen LogP contribution in [0.1, 0.15) is 31.5 Å². The number of aromatic nitrogens is 2. The van der Waals surface area contributed by atoms with Crippen LogP contribution in [0, 0.1) is 0 Å². The maximum atomic E-state index is 11.3. The van der Waals surface area contributed by atoms with Gasteiger partial charge in [-0.2, -0.15) is 4.98 Å². The van der Waals surface area contributed by atoms with Gasteiger partial charge < -0.3 is 9.26 Å². The Labute approximate surface area is 88.8 Å². The van der Waals surface area contributed by atoms with Crippen molar-refractivity contribution in [2.24, 2.45) is 0 Å². The van der Waals surface area contributed by atoms with Crippen LogP contribution in [0.3, 0.4) is 0 Å². The molecule has 1 rings (SSSR count). The normalized spacial score (nSPS) is 10.5. The molecule has 1 aromatic rings. The van der Waals surface area contributed by atoms with Crippen molar-refractivity contribution < 1.29 is 14.1 Å². The first-order valence-corrected chi connectivity index (χ1v) is 5.08. The average molecular weight is 212 g/mol. The zero-order valence-electron chi connectivity index (χ0n) is 9.15. The summed E-state index contributed by atoms with van der Waals surface area (Å²) < 4.78 is 9.83. The summed E-state index contributed by atoms with van der Waals surface area (Å²) in [4.78, 5) is 15.4. The number of ether oxygens (including phenoxy) is 1. The SMILES string of the molecule is CCCC(=O)Cc1nc(CCOC)no1. The molecule has 0 aliphatic carbocycles. The highest BCUT2D eigenvalue weighted by Gasteiger charge is 2.10. The Bertz CT molecular complexity index is 309. The van der Waals surface area contributed by atoms with E-state index in [0.29, 0.717) is 31.2 Å². The molecule has 0 N–H and O–H groups in total. The van der Waals surface area contributed by atoms with E-state index in [-0.39, 0.29) is 12.2 Å². The van der Waals surface area contributed by atoms with Crippen molar-refractivity contribution in [1.82, 2.24) is 10.1 Å². The van der Waals surface area contributed by atoms with Crippen molar-refractivity contribution in [3.63, 3.8) is 0 Å². The van der Waals surface area contributed by atoms with Gasteiger partial charge in [0.15, 0.2) is 5.82 Å². The fourth-order valence-corrected chi connectivity index (χ4v) is 1.19. The predicted octanol–water partition coefficient (Wildman–Crippen LogP) is 1.17. The summed E-state index contributed by atoms with van der Waals surface area (Å²) in [5.74, 6) is 1.13. The number of carbonyl (C=O) groups is 1. The van der Waals surface area contributed by atoms with Gasteiger partial charge in [0.1, 0.15) is 5.78 Å². The van der Waals surface area contributed by atoms with Crippen LogP contribution in [-0.4, -0.2) is 29.6 Å². The molecule has 0 amide bonds. The van der Waals surface area contributed by atoms with Crippen molar-refractivity contribution in [3.05, 3.63) is 11.7 Å². The fourth-order valence-electron chi connectivity index (χ4n) is 1.19. The number of ketones is 1. The minimum Gasteiger partial charge on any atom is -0.384 e. The van der Waals surface area contributed by atoms with Crippen molar-refractivity contribution in [3.8, 4) is 0 Å². The molecule has 0 aromatic carbocycles. The monoisotopic (exact) mass is 212 g/mol. The van der Waals surface area contributed by atoms with Gasteiger partial charge in [0, 0.05) is 20.0 Å². The van der Waals surface area contributed by atoms with Crippen molar-refractivity contribution >= 4 is 5.78 Å². The Kier molecular flexibility index (Phi) is 4.97. The van der Waals surface area contributed by atoms with Gasteiger partial charge in [0.25, 0.3) is 0 Å². The molecule has 0 spiro atoms. The smallest absolute Gasteiger partial charge is 0.234 e. The first kappa shape index (κ1) is 11.8. The number of hydrogen-bond donors (Lipinski definition) is 0. The molecule has 0 saturated heterocycles. The molecule has 0 aliphatic rings. The molecule has 0 bridgehead atoms. The zero-order chi connectivity index (χ0) is 11.1. The molecule has 15 heavy (non-hydrogen) atoms. The van der Waals surface area contributed by atoms with Gasteiger partial charge in [-0.05, 0) is 6.42 Å². The van der Waals surface area contributed by atoms with Crippen molar-refractivity contribution in [1.29, 1.82) is 0 Å². The van der Waals surface area contributed by atoms with Crippen molar-refractivity contribution in [2.75, 3.05) is 13.7 Å². The first-order chi connectivity index (χ1) is 7.26. The van der Waals surface area contributed by atoms with E-state index in [9.17, 15) is 4.79 Å². The highest BCUT2D eigenvalue weighted by Crippen LogP contribution is 2.02. The Hall–Kier alpha value is -1.23. The summed E-state index contributed by atoms with van der Waals surface area (Å²) in [6, 6.07) is 0. The summed E-state index contributed by atoms with van der Waals surface area (Å²) in [7, 11) is 1.62. The van der Waals surface area contributed by atoms with E-state index >= 15 is 0 Å². The highest BCUT2D eigenvalue weighted by atomic mass is 16.5. The average Bonchev–Trinajstić information content (AvgIpc) is 2.63. The summed E-state index contributed by atoms with van der Waals surface area (Å²) in [5.41, 5.74) is 0. The Morgan fingerprint density at radius 2 is 2.33 bits per heavy atom. The largest absolute Gasteiger partial charge is 0.384 e. The number of Topliss-reactive ketones (excluding diaryl/α,β-unsaturated/α-hetero) is 1. The van der Waals surface area contributed by atoms with Crippen LogP contribution >= 0.6 is 0 Å². The molecule has 5 nitrogen and oxygen atoms in total. The zero-order valence-corrected chi connectivity index (χ0v) is 9.15. The Morgan fingerprint density at radius 3 is 3.00 bits per heavy atom. The predicted molar refractivity (Wildman–Crippen MR) is 53.5 cm³/mol. The number of nitrogens with zero attached hydrogens (tertiary/aromatic N) is 2. The first-order valence-electron chi connectivity index (χ1n) is 5.08. The maximum Gasteiger partial charge on any atom is 0.234 e. The molecule has 1 heterocycles. The second-order valence-electron chi connectivity index (χ2n) is 3.31. The van der Waals surface area contributed by atoms with E-state index in [2.05, 4.69) is 10.1 Å². The Morgan fingerprint density at radius 1 is 1.53 bits per heavy atom. The number of carbonyl (C=O) groups excluding carboxylic acids is 1. The minimum atomic E-state index is 0.138. The van der Waals surface area contributed by atoms with Gasteiger partial charge in [-0.25, -0.2) is 0 Å². The number of methoxy groups -OCH3 is 1. The molecule has 0 fully saturated rings. The Balaban J connectivity index is 2.42. The van der Waals surface area contributed by atoms with Gasteiger partial charge in [-0.1, -0.05) is 12.1 Å². The quantitative estimate of drug-likeness (QED) is 0.678. The molecule has 1 aromatic heterocycles. The van der Waals surface area contributed by atoms with E-state index in [1.54, 1.807) is 7.11 Å². The van der Waals surface area contributed by atoms with Crippen molar-refractivity contribution in [2.45, 2.75) is 32.6 Å². The molecule has 84 valence electrons. The van der Waals surface area contributed by atoms with Crippen LogP contribution in [0.15, 0.2) is 4.52 Å². The van der Waals surface area contributed by atoms with Gasteiger partial charge in [0.2, 0.25) is 5.89 Å². The van der Waals surface area contributed by atoms with Crippen LogP contribution in [0.5, 0.6) is 0 Å². The lowest BCUT2D eigenvalue weighted by Gasteiger charge is -1.92. The lowest BCUT2D eigenvalue weighted by Crippen LogP contribution is -2.02. The second-order valence-corrected chi connectivity index (χ2v) is 3.31. The number of hydrogen-bond acceptors (Lipinski definition) is 5. The molecular weight excluding hydrogens is 196 g/mol. The highest BCUT2D eigenvalue weighted by molar-refractivity contribution is 5.79. The van der Waals surface area contributed by atoms with Crippen LogP contribution in [0.25, 0.3) is 0 Å². The third-order valence-electron chi connectivity index (χ3n) is 1.92. The van der Waals surface area contributed by atoms with Gasteiger partial charge in [-0.3, -0.25) is 4.79 Å². The summed E-state index contributed by atoms with van der Waals surface area (Å²) in [6.45, 7) is 2.53. The van der Waals surface area contributed by atoms with Crippen LogP contribution in [0.2, 0.25) is 0 Å². The summed E-state index contributed by atoms with van der Waals surface area (Å²) >= 11 is 0. The lowest BCUT2D eigenvalue weighted by molar-refractivity contribution is -0.118. The molecule has 0 atom stereocenters. The van der Waals surface area contributed by atoms with Crippen LogP contribution < -0.4 is 0 Å². The van der Waals surface area contributed by atoms with E-state index < -0.39 is 0 Å². The topological polar surface area (TPSA) is 65.2 Å². The molecular formula is C10H16N2O3. The molecule has 0 unspecified atom stereocenters. The van der Waals surface area contributed by atoms with Gasteiger partial charge in [-0.15, -0.1) is 0 Å². The fraction of sp³-hybridized carbons (Fsp3) is 0.700. The standard InChI is InChI=1S/C10H16N2O3/c1-3-4-8(13)7-10-11-9(12-15-10)5-6-14-2/h3-7H2,1-2H3. The van der Waals surface area contributed by atoms with E-state index in [1.165, 1.54) is 0 Å². The van der Waals surface area contributed by atoms with Crippen LogP contribution in [0.4, 0.5) is 0 Å². The molecule has 0 radical (unpaired) electrons. The third-order valence-corrected chi connectivity index (χ3v) is 1.92. The lowest BCUT2D eigenvalue weighted by atomic mass is 10.2. The molecule has 5 heteroatoms. The number of rotatable bonds is 7.